The molecule has 1 atom stereocenters. The molecule has 5 heteroatoms. The summed E-state index contributed by atoms with van der Waals surface area (Å²) in [5.74, 6) is 2.08. The lowest BCUT2D eigenvalue weighted by Crippen LogP contribution is -2.32. The first-order valence-corrected chi connectivity index (χ1v) is 4.42. The number of amides is 1. The van der Waals surface area contributed by atoms with Gasteiger partial charge in [-0.1, -0.05) is 13.8 Å². The predicted molar refractivity (Wildman–Crippen MR) is 40.9 cm³/mol. The normalized spacial score (nSPS) is 16.4. The quantitative estimate of drug-likeness (QED) is 0.560. The molecule has 0 aromatic carbocycles. The molecule has 0 spiro atoms. The van der Waals surface area contributed by atoms with E-state index in [1.54, 1.807) is 13.8 Å². The van der Waals surface area contributed by atoms with Crippen molar-refractivity contribution in [2.75, 3.05) is 0 Å². The molecule has 1 unspecified atom stereocenters. The molecular weight excluding hydrogens is 154 g/mol. The van der Waals surface area contributed by atoms with E-state index in [0.717, 1.165) is 0 Å². The molecule has 2 N–H and O–H groups in total. The largest absolute Gasteiger partial charge is 0.299 e. The van der Waals surface area contributed by atoms with Crippen LogP contribution in [0.2, 0.25) is 0 Å². The van der Waals surface area contributed by atoms with Gasteiger partial charge in [0.15, 0.2) is 9.99 Å². The van der Waals surface area contributed by atoms with Crippen molar-refractivity contribution >= 4 is 21.8 Å². The minimum atomic E-state index is -3.37. The Morgan fingerprint density at radius 2 is 2.10 bits per heavy atom. The van der Waals surface area contributed by atoms with Gasteiger partial charge in [-0.05, 0) is 5.87 Å². The summed E-state index contributed by atoms with van der Waals surface area (Å²) in [6.07, 6.45) is 0. The van der Waals surface area contributed by atoms with Crippen LogP contribution in [-0.4, -0.2) is 20.5 Å². The third-order valence-corrected chi connectivity index (χ3v) is 1.30. The summed E-state index contributed by atoms with van der Waals surface area (Å²) in [5, 5.41) is 0. The number of rotatable bonds is 2. The molecule has 0 saturated heterocycles. The Bertz CT molecular complexity index is 217. The molecule has 0 aliphatic carbocycles. The molecule has 4 nitrogen and oxygen atoms in total. The van der Waals surface area contributed by atoms with E-state index in [9.17, 15) is 9.00 Å². The zero-order valence-electron chi connectivity index (χ0n) is 5.96. The standard InChI is InChI=1S/C5H11NO3S/c1-4(2)5(7)6-10(3,8)9/h4H,3H2,1-2H3,(H2,6,7,8,9). The highest BCUT2D eigenvalue weighted by atomic mass is 32.2. The van der Waals surface area contributed by atoms with Gasteiger partial charge < -0.3 is 0 Å². The smallest absolute Gasteiger partial charge is 0.235 e. The summed E-state index contributed by atoms with van der Waals surface area (Å²) in [6, 6.07) is 0. The maximum Gasteiger partial charge on any atom is 0.235 e. The second-order valence-corrected chi connectivity index (χ2v) is 3.75. The summed E-state index contributed by atoms with van der Waals surface area (Å²) in [7, 11) is -3.37. The van der Waals surface area contributed by atoms with Crippen molar-refractivity contribution in [1.82, 2.24) is 4.72 Å². The second kappa shape index (κ2) is 3.03. The van der Waals surface area contributed by atoms with Crippen LogP contribution in [0.25, 0.3) is 0 Å². The van der Waals surface area contributed by atoms with Crippen LogP contribution in [0.15, 0.2) is 0 Å². The maximum atomic E-state index is 10.7. The van der Waals surface area contributed by atoms with E-state index in [2.05, 4.69) is 5.87 Å². The van der Waals surface area contributed by atoms with Crippen molar-refractivity contribution in [3.05, 3.63) is 0 Å². The van der Waals surface area contributed by atoms with Crippen LogP contribution < -0.4 is 4.72 Å². The summed E-state index contributed by atoms with van der Waals surface area (Å²) >= 11 is 0. The molecule has 1 amide bonds. The first-order valence-electron chi connectivity index (χ1n) is 2.74. The van der Waals surface area contributed by atoms with Gasteiger partial charge in [0.1, 0.15) is 0 Å². The monoisotopic (exact) mass is 165 g/mol. The molecule has 0 heterocycles. The fourth-order valence-electron chi connectivity index (χ4n) is 0.275. The van der Waals surface area contributed by atoms with E-state index in [4.69, 9.17) is 4.55 Å². The molecule has 0 bridgehead atoms. The van der Waals surface area contributed by atoms with Gasteiger partial charge in [0.2, 0.25) is 5.91 Å². The summed E-state index contributed by atoms with van der Waals surface area (Å²) in [4.78, 5) is 10.7. The van der Waals surface area contributed by atoms with Crippen LogP contribution in [0.1, 0.15) is 13.8 Å². The lowest BCUT2D eigenvalue weighted by Gasteiger charge is -2.06. The minimum Gasteiger partial charge on any atom is -0.299 e. The highest BCUT2D eigenvalue weighted by Gasteiger charge is 2.08. The molecule has 10 heavy (non-hydrogen) atoms. The molecule has 0 rings (SSSR count). The molecule has 0 aromatic rings. The van der Waals surface area contributed by atoms with Crippen LogP contribution in [0, 0.1) is 5.92 Å². The first-order chi connectivity index (χ1) is 4.33. The number of nitrogens with one attached hydrogen (secondary N) is 1. The number of carbonyl (C=O) groups excluding carboxylic acids is 1. The number of carbonyl (C=O) groups is 1. The fourth-order valence-corrected chi connectivity index (χ4v) is 0.825. The van der Waals surface area contributed by atoms with Crippen molar-refractivity contribution in [1.29, 1.82) is 0 Å². The number of hydrogen-bond donors (Lipinski definition) is 2. The van der Waals surface area contributed by atoms with E-state index < -0.39 is 15.9 Å². The maximum absolute atomic E-state index is 10.7. The van der Waals surface area contributed by atoms with Crippen molar-refractivity contribution in [3.8, 4) is 0 Å². The topological polar surface area (TPSA) is 66.4 Å². The van der Waals surface area contributed by atoms with Crippen LogP contribution in [0.5, 0.6) is 0 Å². The van der Waals surface area contributed by atoms with Crippen molar-refractivity contribution in [2.45, 2.75) is 13.8 Å². The van der Waals surface area contributed by atoms with E-state index >= 15 is 0 Å². The van der Waals surface area contributed by atoms with Gasteiger partial charge in [0.05, 0.1) is 0 Å². The summed E-state index contributed by atoms with van der Waals surface area (Å²) in [6.45, 7) is 3.25. The Hall–Kier alpha value is -0.550. The molecule has 0 saturated carbocycles. The van der Waals surface area contributed by atoms with E-state index in [-0.39, 0.29) is 5.92 Å². The molecule has 0 aromatic heterocycles. The SMILES string of the molecule is C=S(=O)(O)NC(=O)C(C)C. The third kappa shape index (κ3) is 4.34. The Labute approximate surface area is 60.6 Å². The lowest BCUT2D eigenvalue weighted by molar-refractivity contribution is -0.122. The van der Waals surface area contributed by atoms with E-state index in [1.165, 1.54) is 0 Å². The van der Waals surface area contributed by atoms with Gasteiger partial charge in [-0.3, -0.25) is 14.1 Å². The van der Waals surface area contributed by atoms with Gasteiger partial charge in [-0.25, -0.2) is 4.21 Å². The Morgan fingerprint density at radius 3 is 2.20 bits per heavy atom. The number of hydrogen-bond acceptors (Lipinski definition) is 2. The van der Waals surface area contributed by atoms with Crippen molar-refractivity contribution in [3.63, 3.8) is 0 Å². The molecule has 0 radical (unpaired) electrons. The van der Waals surface area contributed by atoms with Gasteiger partial charge >= 0.3 is 0 Å². The Balaban J connectivity index is 4.07. The first kappa shape index (κ1) is 9.45. The third-order valence-electron chi connectivity index (χ3n) is 0.784. The highest BCUT2D eigenvalue weighted by molar-refractivity contribution is 7.93. The van der Waals surface area contributed by atoms with Crippen LogP contribution in [-0.2, 0) is 14.8 Å². The van der Waals surface area contributed by atoms with Gasteiger partial charge in [-0.15, -0.1) is 0 Å². The highest BCUT2D eigenvalue weighted by Crippen LogP contribution is 1.91. The van der Waals surface area contributed by atoms with Crippen LogP contribution >= 0.6 is 0 Å². The minimum absolute atomic E-state index is 0.297. The molecule has 0 fully saturated rings. The van der Waals surface area contributed by atoms with E-state index in [0.29, 0.717) is 0 Å². The lowest BCUT2D eigenvalue weighted by atomic mass is 10.2. The zero-order chi connectivity index (χ0) is 8.36. The Morgan fingerprint density at radius 1 is 1.70 bits per heavy atom. The Kier molecular flexibility index (Phi) is 2.86. The summed E-state index contributed by atoms with van der Waals surface area (Å²) in [5.41, 5.74) is 0. The van der Waals surface area contributed by atoms with E-state index in [1.807, 2.05) is 4.72 Å². The second-order valence-electron chi connectivity index (χ2n) is 2.26. The fraction of sp³-hybridized carbons (Fsp3) is 0.600. The average Bonchev–Trinajstić information content (AvgIpc) is 1.60. The average molecular weight is 165 g/mol. The van der Waals surface area contributed by atoms with Crippen molar-refractivity contribution < 1.29 is 13.6 Å². The molecular formula is C5H11NO3S. The summed E-state index contributed by atoms with van der Waals surface area (Å²) < 4.78 is 20.8. The van der Waals surface area contributed by atoms with Gasteiger partial charge in [0.25, 0.3) is 0 Å². The van der Waals surface area contributed by atoms with Crippen LogP contribution in [0.4, 0.5) is 0 Å². The van der Waals surface area contributed by atoms with Crippen LogP contribution in [0.3, 0.4) is 0 Å². The molecule has 60 valence electrons. The predicted octanol–water partition coefficient (Wildman–Crippen LogP) is -0.137. The van der Waals surface area contributed by atoms with Gasteiger partial charge in [0, 0.05) is 5.92 Å². The molecule has 0 aliphatic heterocycles. The van der Waals surface area contributed by atoms with Gasteiger partial charge in [-0.2, -0.15) is 0 Å². The zero-order valence-corrected chi connectivity index (χ0v) is 6.77. The van der Waals surface area contributed by atoms with Crippen molar-refractivity contribution in [2.24, 2.45) is 5.92 Å². The molecule has 0 aliphatic rings.